The molecule has 1 amide bonds. The number of aliphatic hydroxyl groups is 1. The van der Waals surface area contributed by atoms with Gasteiger partial charge < -0.3 is 25.7 Å². The first-order valence-electron chi connectivity index (χ1n) is 8.48. The van der Waals surface area contributed by atoms with E-state index in [0.717, 1.165) is 11.1 Å². The zero-order valence-corrected chi connectivity index (χ0v) is 15.3. The van der Waals surface area contributed by atoms with Gasteiger partial charge in [0.05, 0.1) is 11.6 Å². The molecule has 1 atom stereocenters. The van der Waals surface area contributed by atoms with Crippen LogP contribution in [0.25, 0.3) is 0 Å². The van der Waals surface area contributed by atoms with E-state index in [9.17, 15) is 19.5 Å². The molecular weight excluding hydrogens is 373 g/mol. The van der Waals surface area contributed by atoms with Crippen molar-refractivity contribution in [3.63, 3.8) is 0 Å². The van der Waals surface area contributed by atoms with E-state index in [4.69, 9.17) is 4.74 Å². The molecule has 150 valence electrons. The lowest BCUT2D eigenvalue weighted by Gasteiger charge is -2.31. The minimum atomic E-state index is -1.06. The second-order valence-electron chi connectivity index (χ2n) is 6.99. The maximum Gasteiger partial charge on any atom is 0.287 e. The molecule has 4 N–H and O–H groups in total. The number of oxime groups is 1. The van der Waals surface area contributed by atoms with Crippen molar-refractivity contribution in [3.05, 3.63) is 40.8 Å². The lowest BCUT2D eigenvalue weighted by atomic mass is 9.83. The van der Waals surface area contributed by atoms with Crippen LogP contribution in [0.15, 0.2) is 28.0 Å². The Balaban J connectivity index is 1.61. The highest BCUT2D eigenvalue weighted by Crippen LogP contribution is 2.33. The van der Waals surface area contributed by atoms with Gasteiger partial charge in [0, 0.05) is 6.54 Å². The van der Waals surface area contributed by atoms with Gasteiger partial charge in [-0.05, 0) is 53.8 Å². The van der Waals surface area contributed by atoms with Gasteiger partial charge in [-0.2, -0.15) is 0 Å². The van der Waals surface area contributed by atoms with Crippen molar-refractivity contribution in [3.8, 4) is 5.88 Å². The smallest absolute Gasteiger partial charge is 0.287 e. The second kappa shape index (κ2) is 7.80. The first kappa shape index (κ1) is 19.5. The van der Waals surface area contributed by atoms with Gasteiger partial charge in [-0.15, -0.1) is 0 Å². The molecule has 0 fully saturated rings. The Labute approximate surface area is 159 Å². The Hall–Kier alpha value is -3.21. The lowest BCUT2D eigenvalue weighted by molar-refractivity contribution is -0.124. The highest BCUT2D eigenvalue weighted by atomic mass is 19.1. The minimum Gasteiger partial charge on any atom is -0.464 e. The van der Waals surface area contributed by atoms with Crippen molar-refractivity contribution in [1.29, 1.82) is 0 Å². The summed E-state index contributed by atoms with van der Waals surface area (Å²) >= 11 is 0. The van der Waals surface area contributed by atoms with Gasteiger partial charge in [0.15, 0.2) is 6.61 Å². The Morgan fingerprint density at radius 1 is 1.46 bits per heavy atom. The third-order valence-corrected chi connectivity index (χ3v) is 4.06. The van der Waals surface area contributed by atoms with Gasteiger partial charge in [-0.3, -0.25) is 4.79 Å². The van der Waals surface area contributed by atoms with Gasteiger partial charge in [0.1, 0.15) is 5.82 Å². The van der Waals surface area contributed by atoms with Crippen LogP contribution >= 0.6 is 0 Å². The molecule has 1 unspecified atom stereocenters. The Morgan fingerprint density at radius 2 is 2.25 bits per heavy atom. The largest absolute Gasteiger partial charge is 0.464 e. The van der Waals surface area contributed by atoms with Crippen LogP contribution in [0.4, 0.5) is 4.39 Å². The van der Waals surface area contributed by atoms with Crippen LogP contribution in [0.2, 0.25) is 0 Å². The summed E-state index contributed by atoms with van der Waals surface area (Å²) in [5.41, 5.74) is 0.623. The molecule has 1 heterocycles. The molecule has 0 radical (unpaired) electrons. The Kier molecular flexibility index (Phi) is 5.45. The van der Waals surface area contributed by atoms with Crippen molar-refractivity contribution in [2.45, 2.75) is 31.9 Å². The predicted octanol–water partition coefficient (Wildman–Crippen LogP) is 0.497. The van der Waals surface area contributed by atoms with E-state index in [2.05, 4.69) is 30.7 Å². The van der Waals surface area contributed by atoms with Gasteiger partial charge in [-0.1, -0.05) is 11.2 Å². The molecule has 1 aliphatic rings. The number of carbonyl (C=O) groups excluding carboxylic acids is 1. The predicted molar refractivity (Wildman–Crippen MR) is 93.4 cm³/mol. The van der Waals surface area contributed by atoms with E-state index in [1.807, 2.05) is 0 Å². The summed E-state index contributed by atoms with van der Waals surface area (Å²) < 4.78 is 23.3. The fraction of sp³-hybridized carbons (Fsp3) is 0.412. The number of benzene rings is 1. The van der Waals surface area contributed by atoms with Crippen molar-refractivity contribution in [2.24, 2.45) is 5.16 Å². The number of ether oxygens (including phenoxy) is 1. The van der Waals surface area contributed by atoms with E-state index in [0.29, 0.717) is 6.42 Å². The molecular formula is C17H20FN5O5. The lowest BCUT2D eigenvalue weighted by Crippen LogP contribution is -2.40. The molecule has 0 saturated heterocycles. The first-order valence-corrected chi connectivity index (χ1v) is 8.48. The Morgan fingerprint density at radius 3 is 2.96 bits per heavy atom. The Bertz CT molecular complexity index is 892. The third-order valence-electron chi connectivity index (χ3n) is 4.06. The first-order chi connectivity index (χ1) is 13.3. The number of amidine groups is 1. The summed E-state index contributed by atoms with van der Waals surface area (Å²) in [5, 5.41) is 34.6. The fourth-order valence-electron chi connectivity index (χ4n) is 2.63. The number of hydrogen-bond donors (Lipinski definition) is 4. The number of halogens is 1. The maximum atomic E-state index is 13.4. The summed E-state index contributed by atoms with van der Waals surface area (Å²) in [5.74, 6) is -1.10. The molecule has 0 saturated carbocycles. The van der Waals surface area contributed by atoms with Crippen LogP contribution in [0.1, 0.15) is 36.7 Å². The molecule has 10 nitrogen and oxygen atoms in total. The van der Waals surface area contributed by atoms with Crippen molar-refractivity contribution >= 4 is 11.7 Å². The van der Waals surface area contributed by atoms with Crippen LogP contribution in [0, 0.1) is 5.82 Å². The number of rotatable bonds is 7. The van der Waals surface area contributed by atoms with Crippen molar-refractivity contribution in [1.82, 2.24) is 20.9 Å². The average Bonchev–Trinajstić information content (AvgIpc) is 3.09. The quantitative estimate of drug-likeness (QED) is 0.231. The highest BCUT2D eigenvalue weighted by Gasteiger charge is 2.30. The van der Waals surface area contributed by atoms with Gasteiger partial charge in [0.25, 0.3) is 11.8 Å². The molecule has 28 heavy (non-hydrogen) atoms. The summed E-state index contributed by atoms with van der Waals surface area (Å²) in [4.78, 5) is 11.8. The number of fused-ring (bicyclic) bond motifs is 1. The molecule has 1 aromatic carbocycles. The van der Waals surface area contributed by atoms with E-state index >= 15 is 0 Å². The number of aromatic nitrogens is 2. The summed E-state index contributed by atoms with van der Waals surface area (Å²) in [6.45, 7) is 2.73. The molecule has 0 aliphatic heterocycles. The number of nitrogens with zero attached hydrogens (tertiary/aromatic N) is 3. The second-order valence-corrected chi connectivity index (χ2v) is 6.99. The number of amides is 1. The molecule has 1 aliphatic carbocycles. The van der Waals surface area contributed by atoms with E-state index < -0.39 is 18.1 Å². The van der Waals surface area contributed by atoms with Crippen LogP contribution in [0.5, 0.6) is 5.88 Å². The van der Waals surface area contributed by atoms with E-state index in [1.165, 1.54) is 12.1 Å². The van der Waals surface area contributed by atoms with Gasteiger partial charge >= 0.3 is 0 Å². The average molecular weight is 393 g/mol. The molecule has 0 spiro atoms. The van der Waals surface area contributed by atoms with Crippen LogP contribution in [-0.4, -0.2) is 51.1 Å². The van der Waals surface area contributed by atoms with Crippen LogP contribution < -0.4 is 15.4 Å². The number of carbonyl (C=O) groups is 1. The minimum absolute atomic E-state index is 0.0392. The van der Waals surface area contributed by atoms with Crippen molar-refractivity contribution in [2.75, 3.05) is 13.2 Å². The fourth-order valence-corrected chi connectivity index (χ4v) is 2.63. The molecule has 0 bridgehead atoms. The summed E-state index contributed by atoms with van der Waals surface area (Å²) in [6, 6.07) is 4.19. The third kappa shape index (κ3) is 4.55. The molecule has 11 heteroatoms. The van der Waals surface area contributed by atoms with Crippen molar-refractivity contribution < 1.29 is 28.9 Å². The zero-order valence-electron chi connectivity index (χ0n) is 15.3. The van der Waals surface area contributed by atoms with E-state index in [1.54, 1.807) is 19.9 Å². The summed E-state index contributed by atoms with van der Waals surface area (Å²) in [6.07, 6.45) is 0.607. The maximum absolute atomic E-state index is 13.4. The number of hydrogen-bond acceptors (Lipinski definition) is 8. The van der Waals surface area contributed by atoms with E-state index in [-0.39, 0.29) is 35.8 Å². The number of nitrogens with one attached hydrogen (secondary N) is 2. The standard InChI is InChI=1S/C17H20FN5O5/c1-17(2,25)8-19-13(24)7-27-16-14(22-28-23-16)15(21-26)20-12-5-9-3-4-10(18)6-11(9)12/h3-4,6,12,25-26H,5,7-8H2,1-2H3,(H,19,24)(H,20,21). The van der Waals surface area contributed by atoms with Crippen LogP contribution in [-0.2, 0) is 11.2 Å². The topological polar surface area (TPSA) is 142 Å². The van der Waals surface area contributed by atoms with Gasteiger partial charge in [-0.25, -0.2) is 9.02 Å². The molecule has 1 aromatic heterocycles. The zero-order chi connectivity index (χ0) is 20.3. The highest BCUT2D eigenvalue weighted by molar-refractivity contribution is 5.98. The monoisotopic (exact) mass is 393 g/mol. The normalized spacial score (nSPS) is 16.1. The SMILES string of the molecule is CC(C)(O)CNC(=O)COc1nonc1/C(=N/O)NC1Cc2ccc(F)cc21. The van der Waals surface area contributed by atoms with Gasteiger partial charge in [0.2, 0.25) is 11.5 Å². The van der Waals surface area contributed by atoms with Crippen LogP contribution in [0.3, 0.4) is 0 Å². The molecule has 2 aromatic rings. The molecule has 3 rings (SSSR count). The summed E-state index contributed by atoms with van der Waals surface area (Å²) in [7, 11) is 0.